The van der Waals surface area contributed by atoms with Crippen LogP contribution >= 0.6 is 0 Å². The van der Waals surface area contributed by atoms with Crippen LogP contribution in [0, 0.1) is 0 Å². The van der Waals surface area contributed by atoms with Crippen molar-refractivity contribution in [1.29, 1.82) is 0 Å². The van der Waals surface area contributed by atoms with E-state index in [1.807, 2.05) is 0 Å². The number of aryl methyl sites for hydroxylation is 2. The number of rotatable bonds is 16. The van der Waals surface area contributed by atoms with E-state index in [4.69, 9.17) is 0 Å². The minimum absolute atomic E-state index is 1.23. The maximum Gasteiger partial charge on any atom is -0.00921 e. The average Bonchev–Trinajstić information content (AvgIpc) is 3.09. The Bertz CT molecular complexity index is 1850. The van der Waals surface area contributed by atoms with E-state index in [0.717, 1.165) is 0 Å². The third-order valence-corrected chi connectivity index (χ3v) is 10.6. The molecule has 0 bridgehead atoms. The van der Waals surface area contributed by atoms with E-state index in [0.29, 0.717) is 0 Å². The standard InChI is InChI=1S/C46H50/c1-3-5-7-9-11-15-25-35-27-39-40(28-36(35)26-16-12-10-8-6-4-2)44-32-46-42-30-38(34-23-19-14-20-24-34)37(33-21-17-13-18-22-33)29-41(42)45(46)31-43(39)44/h13-14,17-24,27-32H,3-12,15-16,25-26H2,1-2H3. The summed E-state index contributed by atoms with van der Waals surface area (Å²) in [5.41, 5.74) is 8.44. The van der Waals surface area contributed by atoms with E-state index in [-0.39, 0.29) is 0 Å². The monoisotopic (exact) mass is 602 g/mol. The van der Waals surface area contributed by atoms with E-state index in [1.165, 1.54) is 155 Å². The molecule has 0 aliphatic carbocycles. The summed E-state index contributed by atoms with van der Waals surface area (Å²) in [6.07, 6.45) is 18.8. The molecule has 0 nitrogen and oxygen atoms in total. The van der Waals surface area contributed by atoms with Gasteiger partial charge in [0.25, 0.3) is 0 Å². The highest BCUT2D eigenvalue weighted by atomic mass is 14.2. The lowest BCUT2D eigenvalue weighted by molar-refractivity contribution is 0.599. The minimum atomic E-state index is 1.23. The molecule has 234 valence electrons. The van der Waals surface area contributed by atoms with Crippen LogP contribution in [0.4, 0.5) is 0 Å². The maximum atomic E-state index is 2.59. The SMILES string of the molecule is CCCCCCCCc1cc2c(cc1CCCCCCCC)c1cc3c4cc(-c5ccccc5)c(-c5ccccc5)cc4c3cc21. The van der Waals surface area contributed by atoms with E-state index >= 15 is 0 Å². The van der Waals surface area contributed by atoms with Crippen molar-refractivity contribution in [3.63, 3.8) is 0 Å². The van der Waals surface area contributed by atoms with Gasteiger partial charge in [0.05, 0.1) is 0 Å². The molecule has 0 unspecified atom stereocenters. The number of benzene rings is 5. The number of hydrogen-bond donors (Lipinski definition) is 0. The predicted molar refractivity (Wildman–Crippen MR) is 204 cm³/mol. The van der Waals surface area contributed by atoms with Gasteiger partial charge in [0.15, 0.2) is 0 Å². The smallest absolute Gasteiger partial charge is 0.00921 e. The molecule has 7 aromatic rings. The van der Waals surface area contributed by atoms with Crippen LogP contribution in [-0.4, -0.2) is 0 Å². The Kier molecular flexibility index (Phi) is 9.52. The van der Waals surface area contributed by atoms with Crippen molar-refractivity contribution in [3.05, 3.63) is 108 Å². The first kappa shape index (κ1) is 30.7. The largest absolute Gasteiger partial charge is 0.0654 e. The molecule has 7 aromatic carbocycles. The van der Waals surface area contributed by atoms with Crippen molar-refractivity contribution in [1.82, 2.24) is 0 Å². The minimum Gasteiger partial charge on any atom is -0.0654 e. The van der Waals surface area contributed by atoms with Crippen LogP contribution in [0.1, 0.15) is 102 Å². The van der Waals surface area contributed by atoms with Crippen molar-refractivity contribution in [2.45, 2.75) is 104 Å². The van der Waals surface area contributed by atoms with Crippen LogP contribution in [0.25, 0.3) is 65.3 Å². The Balaban J connectivity index is 1.25. The van der Waals surface area contributed by atoms with Gasteiger partial charge in [-0.05, 0) is 126 Å². The molecule has 0 fully saturated rings. The van der Waals surface area contributed by atoms with E-state index in [9.17, 15) is 0 Å². The van der Waals surface area contributed by atoms with Crippen LogP contribution in [0.5, 0.6) is 0 Å². The van der Waals surface area contributed by atoms with Gasteiger partial charge in [-0.1, -0.05) is 151 Å². The molecule has 0 heteroatoms. The van der Waals surface area contributed by atoms with Gasteiger partial charge < -0.3 is 0 Å². The summed E-state index contributed by atoms with van der Waals surface area (Å²) in [7, 11) is 0. The van der Waals surface area contributed by atoms with Gasteiger partial charge in [-0.25, -0.2) is 0 Å². The normalized spacial score (nSPS) is 12.0. The van der Waals surface area contributed by atoms with Gasteiger partial charge in [0, 0.05) is 0 Å². The van der Waals surface area contributed by atoms with Crippen molar-refractivity contribution in [2.24, 2.45) is 0 Å². The zero-order valence-electron chi connectivity index (χ0n) is 28.1. The molecular weight excluding hydrogens is 553 g/mol. The maximum absolute atomic E-state index is 2.59. The van der Waals surface area contributed by atoms with Gasteiger partial charge in [-0.3, -0.25) is 0 Å². The molecule has 0 spiro atoms. The molecule has 7 rings (SSSR count). The lowest BCUT2D eigenvalue weighted by Gasteiger charge is -2.22. The lowest BCUT2D eigenvalue weighted by atomic mass is 9.81. The summed E-state index contributed by atoms with van der Waals surface area (Å²) < 4.78 is 0. The highest BCUT2D eigenvalue weighted by Crippen LogP contribution is 2.47. The summed E-state index contributed by atoms with van der Waals surface area (Å²) in [6, 6.07) is 36.9. The highest BCUT2D eigenvalue weighted by Gasteiger charge is 2.20. The average molecular weight is 603 g/mol. The van der Waals surface area contributed by atoms with Crippen LogP contribution in [0.2, 0.25) is 0 Å². The number of fused-ring (bicyclic) bond motifs is 8. The Labute approximate surface area is 276 Å². The first-order chi connectivity index (χ1) is 22.8. The molecule has 0 aromatic heterocycles. The van der Waals surface area contributed by atoms with Crippen LogP contribution in [0.15, 0.2) is 97.1 Å². The molecule has 0 aliphatic rings. The van der Waals surface area contributed by atoms with E-state index in [1.54, 1.807) is 11.1 Å². The van der Waals surface area contributed by atoms with Crippen LogP contribution in [0.3, 0.4) is 0 Å². The molecule has 0 heterocycles. The summed E-state index contributed by atoms with van der Waals surface area (Å²) in [4.78, 5) is 0. The Morgan fingerprint density at radius 3 is 1.04 bits per heavy atom. The number of unbranched alkanes of at least 4 members (excludes halogenated alkanes) is 10. The van der Waals surface area contributed by atoms with Crippen LogP contribution in [-0.2, 0) is 12.8 Å². The fourth-order valence-electron chi connectivity index (χ4n) is 7.92. The highest BCUT2D eigenvalue weighted by molar-refractivity contribution is 6.35. The molecule has 46 heavy (non-hydrogen) atoms. The second-order valence-electron chi connectivity index (χ2n) is 13.8. The van der Waals surface area contributed by atoms with Gasteiger partial charge in [-0.2, -0.15) is 0 Å². The molecule has 0 N–H and O–H groups in total. The van der Waals surface area contributed by atoms with Gasteiger partial charge in [-0.15, -0.1) is 0 Å². The number of hydrogen-bond acceptors (Lipinski definition) is 0. The molecule has 0 saturated carbocycles. The van der Waals surface area contributed by atoms with E-state index in [2.05, 4.69) is 111 Å². The fourth-order valence-corrected chi connectivity index (χ4v) is 7.92. The third kappa shape index (κ3) is 6.12. The summed E-state index contributed by atoms with van der Waals surface area (Å²) in [5, 5.41) is 11.5. The van der Waals surface area contributed by atoms with Crippen molar-refractivity contribution < 1.29 is 0 Å². The van der Waals surface area contributed by atoms with Gasteiger partial charge >= 0.3 is 0 Å². The Hall–Kier alpha value is -3.90. The molecule has 0 amide bonds. The van der Waals surface area contributed by atoms with Crippen LogP contribution < -0.4 is 0 Å². The van der Waals surface area contributed by atoms with Crippen molar-refractivity contribution >= 4 is 43.1 Å². The van der Waals surface area contributed by atoms with Crippen molar-refractivity contribution in [3.8, 4) is 22.3 Å². The predicted octanol–water partition coefficient (Wildman–Crippen LogP) is 14.3. The zero-order valence-corrected chi connectivity index (χ0v) is 28.1. The zero-order chi connectivity index (χ0) is 31.3. The second kappa shape index (κ2) is 14.3. The third-order valence-electron chi connectivity index (χ3n) is 10.6. The summed E-state index contributed by atoms with van der Waals surface area (Å²) in [6.45, 7) is 4.62. The van der Waals surface area contributed by atoms with E-state index < -0.39 is 0 Å². The first-order valence-corrected chi connectivity index (χ1v) is 18.4. The first-order valence-electron chi connectivity index (χ1n) is 18.4. The summed E-state index contributed by atoms with van der Waals surface area (Å²) >= 11 is 0. The Morgan fingerprint density at radius 2 is 0.652 bits per heavy atom. The molecule has 0 saturated heterocycles. The topological polar surface area (TPSA) is 0 Å². The van der Waals surface area contributed by atoms with Crippen molar-refractivity contribution in [2.75, 3.05) is 0 Å². The lowest BCUT2D eigenvalue weighted by Crippen LogP contribution is -1.99. The summed E-state index contributed by atoms with van der Waals surface area (Å²) in [5.74, 6) is 0. The van der Waals surface area contributed by atoms with Gasteiger partial charge in [0.1, 0.15) is 0 Å². The molecular formula is C46H50. The molecule has 0 radical (unpaired) electrons. The Morgan fingerprint density at radius 1 is 0.326 bits per heavy atom. The second-order valence-corrected chi connectivity index (χ2v) is 13.8. The molecule has 0 atom stereocenters. The quantitative estimate of drug-likeness (QED) is 0.0965. The molecule has 0 aliphatic heterocycles. The fraction of sp³-hybridized carbons (Fsp3) is 0.348. The van der Waals surface area contributed by atoms with Gasteiger partial charge in [0.2, 0.25) is 0 Å².